The second-order valence-electron chi connectivity index (χ2n) is 21.7. The third kappa shape index (κ3) is 9.34. The van der Waals surface area contributed by atoms with Crippen LogP contribution in [0, 0.1) is 6.92 Å². The van der Waals surface area contributed by atoms with E-state index in [0.717, 1.165) is 130 Å². The highest BCUT2D eigenvalue weighted by atomic mass is 16.5. The molecule has 0 fully saturated rings. The van der Waals surface area contributed by atoms with Crippen LogP contribution in [0.4, 0.5) is 56.9 Å². The highest BCUT2D eigenvalue weighted by Crippen LogP contribution is 2.52. The van der Waals surface area contributed by atoms with E-state index in [9.17, 15) is 9.59 Å². The molecule has 13 nitrogen and oxygen atoms in total. The minimum atomic E-state index is -0.229. The summed E-state index contributed by atoms with van der Waals surface area (Å²) in [5, 5.41) is 27.4. The van der Waals surface area contributed by atoms with Gasteiger partial charge in [0, 0.05) is 90.8 Å². The number of amides is 2. The summed E-state index contributed by atoms with van der Waals surface area (Å²) in [7, 11) is 6.89. The van der Waals surface area contributed by atoms with E-state index in [0.29, 0.717) is 45.5 Å². The molecular weight excluding hydrogens is 1070 g/mol. The van der Waals surface area contributed by atoms with Crippen LogP contribution in [0.5, 0.6) is 11.5 Å². The number of aromatic nitrogens is 2. The molecule has 2 amide bonds. The van der Waals surface area contributed by atoms with Crippen LogP contribution in [0.15, 0.2) is 227 Å². The molecule has 86 heavy (non-hydrogen) atoms. The summed E-state index contributed by atoms with van der Waals surface area (Å²) >= 11 is 0. The fourth-order valence-corrected chi connectivity index (χ4v) is 12.3. The summed E-state index contributed by atoms with van der Waals surface area (Å²) in [6.45, 7) is 6.25. The van der Waals surface area contributed by atoms with Crippen molar-refractivity contribution < 1.29 is 19.1 Å². The standard InChI is InChI=1S/C73H61N9O4/c1-8-46-18-10-16-24-62(46)80(4)73(84)59-42-48-28-40-57-55-20-12-14-22-60(55)74-67(57)65(48)69(71(59)85-6)78-76-50-30-36-53(37-31-50)81(52-34-26-45(3)27-35-52)54-38-32-51(33-39-54)77-79-70-66-49(29-41-58-56-21-13-15-23-61(56)75-68(58)66)43-64(72(70)86-7)82(5,44-83)63-25-17-11-19-47(63)9-2/h10-44H,8-9H2,1-7H3,(H-,74,75,76,77,84)/p+1. The molecule has 0 aliphatic heterocycles. The molecule has 0 aliphatic carbocycles. The smallest absolute Gasteiger partial charge is 0.311 e. The minimum Gasteiger partial charge on any atom is -0.494 e. The van der Waals surface area contributed by atoms with E-state index in [4.69, 9.17) is 29.9 Å². The van der Waals surface area contributed by atoms with Crippen LogP contribution in [0.1, 0.15) is 40.9 Å². The molecule has 0 saturated heterocycles. The fraction of sp³-hybridized carbons (Fsp3) is 0.123. The van der Waals surface area contributed by atoms with E-state index in [2.05, 4.69) is 108 Å². The van der Waals surface area contributed by atoms with Gasteiger partial charge in [-0.15, -0.1) is 10.2 Å². The molecule has 11 aromatic carbocycles. The van der Waals surface area contributed by atoms with Crippen LogP contribution in [0.3, 0.4) is 0 Å². The van der Waals surface area contributed by atoms with Crippen molar-refractivity contribution in [2.24, 2.45) is 20.5 Å². The maximum Gasteiger partial charge on any atom is 0.311 e. The van der Waals surface area contributed by atoms with Crippen molar-refractivity contribution in [2.75, 3.05) is 38.1 Å². The quantitative estimate of drug-likeness (QED) is 0.0563. The van der Waals surface area contributed by atoms with Crippen molar-refractivity contribution in [3.8, 4) is 11.5 Å². The zero-order chi connectivity index (χ0) is 59.2. The lowest BCUT2D eigenvalue weighted by atomic mass is 9.99. The summed E-state index contributed by atoms with van der Waals surface area (Å²) in [6, 6.07) is 68.9. The second-order valence-corrected chi connectivity index (χ2v) is 21.7. The summed E-state index contributed by atoms with van der Waals surface area (Å²) in [5.74, 6) is 0.537. The Labute approximate surface area is 497 Å². The Morgan fingerprint density at radius 2 is 1.00 bits per heavy atom. The number of azo groups is 2. The van der Waals surface area contributed by atoms with Crippen molar-refractivity contribution in [1.82, 2.24) is 14.5 Å². The molecule has 0 bridgehead atoms. The first kappa shape index (κ1) is 54.5. The van der Waals surface area contributed by atoms with Gasteiger partial charge in [0.25, 0.3) is 5.91 Å². The first-order chi connectivity index (χ1) is 42.0. The molecule has 13 rings (SSSR count). The van der Waals surface area contributed by atoms with Crippen molar-refractivity contribution in [3.63, 3.8) is 0 Å². The Balaban J connectivity index is 0.881. The van der Waals surface area contributed by atoms with Gasteiger partial charge in [-0.25, -0.2) is 4.79 Å². The number of methoxy groups -OCH3 is 2. The summed E-state index contributed by atoms with van der Waals surface area (Å²) < 4.78 is 12.4. The summed E-state index contributed by atoms with van der Waals surface area (Å²) in [6.07, 6.45) is 2.46. The number of carbonyl (C=O) groups is 2. The first-order valence-corrected chi connectivity index (χ1v) is 28.8. The number of benzene rings is 11. The number of nitrogens with one attached hydrogen (secondary N) is 2. The number of quaternary nitrogens is 1. The molecule has 0 aliphatic rings. The van der Waals surface area contributed by atoms with Crippen molar-refractivity contribution in [2.45, 2.75) is 33.6 Å². The number of fused-ring (bicyclic) bond motifs is 10. The zero-order valence-corrected chi connectivity index (χ0v) is 48.9. The Kier molecular flexibility index (Phi) is 14.2. The van der Waals surface area contributed by atoms with Gasteiger partial charge in [0.15, 0.2) is 11.4 Å². The predicted molar refractivity (Wildman–Crippen MR) is 352 cm³/mol. The van der Waals surface area contributed by atoms with Crippen LogP contribution in [-0.4, -0.2) is 50.6 Å². The number of nitrogens with zero attached hydrogens (tertiary/aromatic N) is 7. The van der Waals surface area contributed by atoms with Gasteiger partial charge < -0.3 is 29.2 Å². The van der Waals surface area contributed by atoms with Gasteiger partial charge in [-0.05, 0) is 121 Å². The highest BCUT2D eigenvalue weighted by Gasteiger charge is 2.37. The molecular formula is C73H62N9O4+. The Hall–Kier alpha value is -10.8. The lowest BCUT2D eigenvalue weighted by Gasteiger charge is -2.30. The molecule has 2 aromatic heterocycles. The number of rotatable bonds is 16. The number of anilines is 4. The number of ether oxygens (including phenoxy) is 2. The molecule has 422 valence electrons. The Morgan fingerprint density at radius 3 is 1.53 bits per heavy atom. The normalized spacial score (nSPS) is 12.5. The number of aromatic amines is 2. The van der Waals surface area contributed by atoms with Crippen LogP contribution in [0.2, 0.25) is 0 Å². The molecule has 1 atom stereocenters. The van der Waals surface area contributed by atoms with Gasteiger partial charge in [-0.2, -0.15) is 14.7 Å². The molecule has 2 N–H and O–H groups in total. The van der Waals surface area contributed by atoms with Gasteiger partial charge in [0.05, 0.1) is 49.2 Å². The molecule has 0 spiro atoms. The number of para-hydroxylation sites is 4. The monoisotopic (exact) mass is 1130 g/mol. The van der Waals surface area contributed by atoms with Crippen molar-refractivity contribution in [1.29, 1.82) is 0 Å². The average Bonchev–Trinajstić information content (AvgIpc) is 1.57. The lowest BCUT2D eigenvalue weighted by molar-refractivity contribution is -0.114. The van der Waals surface area contributed by atoms with E-state index >= 15 is 0 Å². The number of carbonyl (C=O) groups excluding carboxylic acids is 2. The topological polar surface area (TPSA) is 140 Å². The van der Waals surface area contributed by atoms with E-state index in [1.54, 1.807) is 26.2 Å². The number of aryl methyl sites for hydroxylation is 3. The maximum atomic E-state index is 14.7. The summed E-state index contributed by atoms with van der Waals surface area (Å²) in [4.78, 5) is 39.5. The van der Waals surface area contributed by atoms with E-state index in [-0.39, 0.29) is 10.4 Å². The van der Waals surface area contributed by atoms with Crippen molar-refractivity contribution >= 4 is 134 Å². The van der Waals surface area contributed by atoms with Crippen LogP contribution in [-0.2, 0) is 17.6 Å². The van der Waals surface area contributed by atoms with Gasteiger partial charge in [-0.1, -0.05) is 129 Å². The third-order valence-corrected chi connectivity index (χ3v) is 16.7. The molecule has 13 heteroatoms. The van der Waals surface area contributed by atoms with E-state index in [1.807, 2.05) is 141 Å². The van der Waals surface area contributed by atoms with Crippen LogP contribution >= 0.6 is 0 Å². The minimum absolute atomic E-state index is 0.173. The summed E-state index contributed by atoms with van der Waals surface area (Å²) in [5.41, 5.74) is 14.5. The second kappa shape index (κ2) is 22.4. The SMILES string of the molecule is CCc1ccccc1N(C)C(=O)c1cc2ccc3c4ccccc4[nH]c3c2c(N=Nc2ccc(N(c3ccc(C)cc3)c3ccc(N=Nc4c(OC)c([N+](C)(C=O)c5ccccc5CC)cc5ccc6c7ccccc7[nH]c6c45)cc3)cc2)c1OC. The van der Waals surface area contributed by atoms with Crippen LogP contribution < -0.4 is 23.8 Å². The average molecular weight is 1130 g/mol. The lowest BCUT2D eigenvalue weighted by Crippen LogP contribution is -2.39. The van der Waals surface area contributed by atoms with Crippen LogP contribution in [0.25, 0.3) is 65.2 Å². The third-order valence-electron chi connectivity index (χ3n) is 16.7. The van der Waals surface area contributed by atoms with Crippen molar-refractivity contribution in [3.05, 3.63) is 229 Å². The van der Waals surface area contributed by atoms with Gasteiger partial charge in [-0.3, -0.25) is 4.79 Å². The number of hydrogen-bond donors (Lipinski definition) is 2. The predicted octanol–water partition coefficient (Wildman–Crippen LogP) is 19.7. The van der Waals surface area contributed by atoms with Gasteiger partial charge >= 0.3 is 6.41 Å². The van der Waals surface area contributed by atoms with Gasteiger partial charge in [0.1, 0.15) is 17.1 Å². The molecule has 0 saturated carbocycles. The van der Waals surface area contributed by atoms with E-state index in [1.165, 1.54) is 0 Å². The van der Waals surface area contributed by atoms with E-state index < -0.39 is 0 Å². The van der Waals surface area contributed by atoms with Gasteiger partial charge in [0.2, 0.25) is 5.75 Å². The Bertz CT molecular complexity index is 4850. The maximum absolute atomic E-state index is 14.7. The number of H-pyrrole nitrogens is 2. The highest BCUT2D eigenvalue weighted by molar-refractivity contribution is 6.24. The first-order valence-electron chi connectivity index (χ1n) is 28.8. The molecule has 1 unspecified atom stereocenters. The molecule has 2 heterocycles. The zero-order valence-electron chi connectivity index (χ0n) is 48.9. The largest absolute Gasteiger partial charge is 0.494 e. The number of hydrogen-bond acceptors (Lipinski definition) is 9. The molecule has 13 aromatic rings. The Morgan fingerprint density at radius 1 is 0.523 bits per heavy atom. The fourth-order valence-electron chi connectivity index (χ4n) is 12.3. The molecule has 0 radical (unpaired) electrons.